The summed E-state index contributed by atoms with van der Waals surface area (Å²) in [5.74, 6) is 1.79. The highest BCUT2D eigenvalue weighted by Gasteiger charge is 2.20. The second-order valence-electron chi connectivity index (χ2n) is 4.74. The van der Waals surface area contributed by atoms with Crippen LogP contribution in [0, 0.1) is 0 Å². The zero-order valence-corrected chi connectivity index (χ0v) is 11.5. The smallest absolute Gasteiger partial charge is 0.180 e. The number of aromatic nitrogens is 4. The normalized spacial score (nSPS) is 13.6. The third-order valence-corrected chi connectivity index (χ3v) is 3.52. The number of hydrogen-bond acceptors (Lipinski definition) is 4. The van der Waals surface area contributed by atoms with Crippen LogP contribution in [0.25, 0.3) is 11.5 Å². The molecule has 1 aliphatic rings. The molecular weight excluding hydrogens is 238 g/mol. The SMILES string of the molecule is CCNc1nc(-c2ccnn2CC)nc2c1CCC2. The van der Waals surface area contributed by atoms with Gasteiger partial charge in [-0.1, -0.05) is 0 Å². The summed E-state index contributed by atoms with van der Waals surface area (Å²) in [4.78, 5) is 9.44. The summed E-state index contributed by atoms with van der Waals surface area (Å²) >= 11 is 0. The van der Waals surface area contributed by atoms with Gasteiger partial charge in [0.2, 0.25) is 0 Å². The fraction of sp³-hybridized carbons (Fsp3) is 0.500. The van der Waals surface area contributed by atoms with Crippen molar-refractivity contribution in [2.24, 2.45) is 0 Å². The number of nitrogens with one attached hydrogen (secondary N) is 1. The Balaban J connectivity index is 2.10. The zero-order valence-electron chi connectivity index (χ0n) is 11.5. The molecule has 2 aromatic heterocycles. The predicted molar refractivity (Wildman–Crippen MR) is 75.1 cm³/mol. The van der Waals surface area contributed by atoms with E-state index in [-0.39, 0.29) is 0 Å². The molecule has 0 saturated heterocycles. The Morgan fingerprint density at radius 1 is 1.26 bits per heavy atom. The first-order valence-electron chi connectivity index (χ1n) is 6.99. The highest BCUT2D eigenvalue weighted by Crippen LogP contribution is 2.28. The first kappa shape index (κ1) is 12.1. The second kappa shape index (κ2) is 4.99. The average Bonchev–Trinajstić information content (AvgIpc) is 3.07. The molecule has 2 heterocycles. The third kappa shape index (κ3) is 2.09. The molecule has 100 valence electrons. The van der Waals surface area contributed by atoms with Crippen LogP contribution in [-0.2, 0) is 19.4 Å². The fourth-order valence-corrected chi connectivity index (χ4v) is 2.64. The van der Waals surface area contributed by atoms with Gasteiger partial charge >= 0.3 is 0 Å². The highest BCUT2D eigenvalue weighted by atomic mass is 15.3. The van der Waals surface area contributed by atoms with E-state index in [4.69, 9.17) is 9.97 Å². The van der Waals surface area contributed by atoms with Gasteiger partial charge in [0.05, 0.1) is 0 Å². The molecule has 5 heteroatoms. The number of anilines is 1. The van der Waals surface area contributed by atoms with E-state index in [1.165, 1.54) is 17.7 Å². The number of rotatable bonds is 4. The molecule has 0 unspecified atom stereocenters. The Morgan fingerprint density at radius 3 is 2.95 bits per heavy atom. The quantitative estimate of drug-likeness (QED) is 0.913. The Morgan fingerprint density at radius 2 is 2.16 bits per heavy atom. The summed E-state index contributed by atoms with van der Waals surface area (Å²) in [6.07, 6.45) is 5.13. The van der Waals surface area contributed by atoms with Crippen LogP contribution in [-0.4, -0.2) is 26.3 Å². The van der Waals surface area contributed by atoms with Gasteiger partial charge in [-0.25, -0.2) is 9.97 Å². The maximum absolute atomic E-state index is 4.74. The molecule has 0 radical (unpaired) electrons. The Kier molecular flexibility index (Phi) is 3.19. The maximum Gasteiger partial charge on any atom is 0.180 e. The number of hydrogen-bond donors (Lipinski definition) is 1. The molecule has 3 rings (SSSR count). The van der Waals surface area contributed by atoms with Crippen molar-refractivity contribution in [3.63, 3.8) is 0 Å². The maximum atomic E-state index is 4.74. The van der Waals surface area contributed by atoms with Crippen molar-refractivity contribution < 1.29 is 0 Å². The first-order valence-corrected chi connectivity index (χ1v) is 6.99. The number of fused-ring (bicyclic) bond motifs is 1. The van der Waals surface area contributed by atoms with E-state index >= 15 is 0 Å². The van der Waals surface area contributed by atoms with Crippen LogP contribution in [0.1, 0.15) is 31.5 Å². The van der Waals surface area contributed by atoms with Gasteiger partial charge in [-0.05, 0) is 39.2 Å². The third-order valence-electron chi connectivity index (χ3n) is 3.52. The van der Waals surface area contributed by atoms with Crippen LogP contribution < -0.4 is 5.32 Å². The lowest BCUT2D eigenvalue weighted by molar-refractivity contribution is 0.663. The van der Waals surface area contributed by atoms with E-state index in [2.05, 4.69) is 24.3 Å². The van der Waals surface area contributed by atoms with Crippen LogP contribution in [0.15, 0.2) is 12.3 Å². The summed E-state index contributed by atoms with van der Waals surface area (Å²) < 4.78 is 1.94. The molecule has 0 fully saturated rings. The van der Waals surface area contributed by atoms with Crippen molar-refractivity contribution in [1.29, 1.82) is 0 Å². The second-order valence-corrected chi connectivity index (χ2v) is 4.74. The first-order chi connectivity index (χ1) is 9.33. The van der Waals surface area contributed by atoms with Crippen LogP contribution in [0.4, 0.5) is 5.82 Å². The predicted octanol–water partition coefficient (Wildman–Crippen LogP) is 2.28. The Labute approximate surface area is 113 Å². The largest absolute Gasteiger partial charge is 0.370 e. The zero-order chi connectivity index (χ0) is 13.2. The summed E-state index contributed by atoms with van der Waals surface area (Å²) in [7, 11) is 0. The summed E-state index contributed by atoms with van der Waals surface area (Å²) in [5.41, 5.74) is 3.49. The molecule has 1 aliphatic carbocycles. The molecule has 2 aromatic rings. The van der Waals surface area contributed by atoms with Crippen LogP contribution in [0.3, 0.4) is 0 Å². The van der Waals surface area contributed by atoms with E-state index < -0.39 is 0 Å². The van der Waals surface area contributed by atoms with Gasteiger partial charge in [0, 0.05) is 30.5 Å². The van der Waals surface area contributed by atoms with E-state index in [1.54, 1.807) is 0 Å². The molecule has 5 nitrogen and oxygen atoms in total. The minimum Gasteiger partial charge on any atom is -0.370 e. The molecule has 0 bridgehead atoms. The van der Waals surface area contributed by atoms with Crippen molar-refractivity contribution in [2.75, 3.05) is 11.9 Å². The topological polar surface area (TPSA) is 55.6 Å². The monoisotopic (exact) mass is 257 g/mol. The lowest BCUT2D eigenvalue weighted by atomic mass is 10.2. The average molecular weight is 257 g/mol. The molecule has 0 atom stereocenters. The van der Waals surface area contributed by atoms with Gasteiger partial charge in [0.25, 0.3) is 0 Å². The van der Waals surface area contributed by atoms with Crippen LogP contribution in [0.5, 0.6) is 0 Å². The number of nitrogens with zero attached hydrogens (tertiary/aromatic N) is 4. The minimum atomic E-state index is 0.788. The van der Waals surface area contributed by atoms with Gasteiger partial charge in [0.15, 0.2) is 5.82 Å². The molecule has 0 aliphatic heterocycles. The standard InChI is InChI=1S/C14H19N5/c1-3-15-13-10-6-5-7-11(10)17-14(18-13)12-8-9-16-19(12)4-2/h8-9H,3-7H2,1-2H3,(H,15,17,18). The summed E-state index contributed by atoms with van der Waals surface area (Å²) in [6, 6.07) is 1.98. The van der Waals surface area contributed by atoms with Gasteiger partial charge in [-0.15, -0.1) is 0 Å². The molecule has 1 N–H and O–H groups in total. The molecule has 0 saturated carbocycles. The molecule has 19 heavy (non-hydrogen) atoms. The lowest BCUT2D eigenvalue weighted by Gasteiger charge is -2.11. The van der Waals surface area contributed by atoms with E-state index in [9.17, 15) is 0 Å². The number of aryl methyl sites for hydroxylation is 2. The summed E-state index contributed by atoms with van der Waals surface area (Å²) in [6.45, 7) is 5.89. The van der Waals surface area contributed by atoms with Crippen molar-refractivity contribution in [2.45, 2.75) is 39.7 Å². The van der Waals surface area contributed by atoms with E-state index in [1.807, 2.05) is 16.9 Å². The molecule has 0 spiro atoms. The van der Waals surface area contributed by atoms with Crippen molar-refractivity contribution in [1.82, 2.24) is 19.7 Å². The van der Waals surface area contributed by atoms with Crippen LogP contribution >= 0.6 is 0 Å². The van der Waals surface area contributed by atoms with Crippen molar-refractivity contribution >= 4 is 5.82 Å². The van der Waals surface area contributed by atoms with Crippen molar-refractivity contribution in [3.05, 3.63) is 23.5 Å². The highest BCUT2D eigenvalue weighted by molar-refractivity contribution is 5.57. The van der Waals surface area contributed by atoms with E-state index in [0.29, 0.717) is 0 Å². The lowest BCUT2D eigenvalue weighted by Crippen LogP contribution is -2.08. The molecular formula is C14H19N5. The van der Waals surface area contributed by atoms with Gasteiger partial charge in [-0.3, -0.25) is 4.68 Å². The fourth-order valence-electron chi connectivity index (χ4n) is 2.64. The van der Waals surface area contributed by atoms with Gasteiger partial charge in [0.1, 0.15) is 11.5 Å². The molecule has 0 amide bonds. The van der Waals surface area contributed by atoms with Gasteiger partial charge < -0.3 is 5.32 Å². The van der Waals surface area contributed by atoms with Gasteiger partial charge in [-0.2, -0.15) is 5.10 Å². The summed E-state index contributed by atoms with van der Waals surface area (Å²) in [5, 5.41) is 7.66. The van der Waals surface area contributed by atoms with Crippen molar-refractivity contribution in [3.8, 4) is 11.5 Å². The van der Waals surface area contributed by atoms with E-state index in [0.717, 1.165) is 43.3 Å². The Bertz CT molecular complexity index is 588. The van der Waals surface area contributed by atoms with Crippen LogP contribution in [0.2, 0.25) is 0 Å². The Hall–Kier alpha value is -1.91. The minimum absolute atomic E-state index is 0.788. The molecule has 0 aromatic carbocycles.